The molecule has 0 aromatic heterocycles. The number of benzene rings is 1. The lowest BCUT2D eigenvalue weighted by molar-refractivity contribution is -0.113. The third kappa shape index (κ3) is 4.68. The van der Waals surface area contributed by atoms with Gasteiger partial charge in [-0.1, -0.05) is 17.7 Å². The van der Waals surface area contributed by atoms with Crippen molar-refractivity contribution in [3.05, 3.63) is 29.8 Å². The number of aliphatic hydroxyl groups excluding tert-OH is 1. The Kier molecular flexibility index (Phi) is 6.28. The molecule has 1 aromatic rings. The summed E-state index contributed by atoms with van der Waals surface area (Å²) in [6.45, 7) is 1.37. The number of rotatable bonds is 8. The number of hydrogen-bond donors (Lipinski definition) is 1. The fraction of sp³-hybridized carbons (Fsp3) is 0.462. The van der Waals surface area contributed by atoms with E-state index in [2.05, 4.69) is 0 Å². The fourth-order valence-corrected chi connectivity index (χ4v) is 2.47. The normalized spacial score (nSPS) is 14.8. The molecule has 0 aliphatic carbocycles. The molecule has 1 rings (SSSR count). The molecule has 0 amide bonds. The topological polar surface area (TPSA) is 89.9 Å². The van der Waals surface area contributed by atoms with Gasteiger partial charge in [0.2, 0.25) is 0 Å². The Morgan fingerprint density at radius 3 is 2.40 bits per heavy atom. The number of aryl methyl sites for hydroxylation is 1. The minimum atomic E-state index is -3.93. The Morgan fingerprint density at radius 1 is 1.30 bits per heavy atom. The number of carbonyl (C=O) groups excluding carboxylic acids is 1. The first-order chi connectivity index (χ1) is 9.40. The third-order valence-corrected chi connectivity index (χ3v) is 4.06. The maximum atomic E-state index is 11.9. The summed E-state index contributed by atoms with van der Waals surface area (Å²) in [5, 5.41) is 9.72. The summed E-state index contributed by atoms with van der Waals surface area (Å²) in [4.78, 5) is 10.4. The molecule has 0 saturated carbocycles. The zero-order valence-electron chi connectivity index (χ0n) is 11.4. The van der Waals surface area contributed by atoms with Gasteiger partial charge in [0, 0.05) is 13.5 Å². The van der Waals surface area contributed by atoms with Crippen LogP contribution in [-0.2, 0) is 23.8 Å². The average Bonchev–Trinajstić information content (AvgIpc) is 2.42. The lowest BCUT2D eigenvalue weighted by Crippen LogP contribution is -2.33. The molecule has 0 aliphatic rings. The molecule has 0 radical (unpaired) electrons. The minimum absolute atomic E-state index is 0.0136. The molecule has 20 heavy (non-hydrogen) atoms. The van der Waals surface area contributed by atoms with Crippen LogP contribution >= 0.6 is 0 Å². The molecule has 1 N–H and O–H groups in total. The second kappa shape index (κ2) is 7.49. The molecule has 0 bridgehead atoms. The second-order valence-corrected chi connectivity index (χ2v) is 5.91. The zero-order chi connectivity index (χ0) is 15.2. The van der Waals surface area contributed by atoms with E-state index < -0.39 is 28.9 Å². The van der Waals surface area contributed by atoms with Gasteiger partial charge in [-0.15, -0.1) is 0 Å². The van der Waals surface area contributed by atoms with Gasteiger partial charge < -0.3 is 14.6 Å². The van der Waals surface area contributed by atoms with E-state index in [1.54, 1.807) is 12.1 Å². The average molecular weight is 302 g/mol. The largest absolute Gasteiger partial charge is 0.388 e. The summed E-state index contributed by atoms with van der Waals surface area (Å²) in [7, 11) is -2.61. The van der Waals surface area contributed by atoms with Crippen molar-refractivity contribution < 1.29 is 27.2 Å². The highest BCUT2D eigenvalue weighted by Gasteiger charge is 2.23. The maximum Gasteiger partial charge on any atom is 0.297 e. The summed E-state index contributed by atoms with van der Waals surface area (Å²) in [5.74, 6) is 0. The predicted octanol–water partition coefficient (Wildman–Crippen LogP) is 0.665. The SMILES string of the molecule is CO[C@@H](CC=O)[C@H](O)COS(=O)(=O)c1ccc(C)cc1. The van der Waals surface area contributed by atoms with E-state index in [0.717, 1.165) is 5.56 Å². The van der Waals surface area contributed by atoms with Crippen LogP contribution in [0.15, 0.2) is 29.2 Å². The van der Waals surface area contributed by atoms with Crippen LogP contribution in [0.5, 0.6) is 0 Å². The van der Waals surface area contributed by atoms with Gasteiger partial charge in [-0.25, -0.2) is 0 Å². The van der Waals surface area contributed by atoms with Crippen LogP contribution in [0.4, 0.5) is 0 Å². The van der Waals surface area contributed by atoms with Crippen LogP contribution < -0.4 is 0 Å². The van der Waals surface area contributed by atoms with Crippen molar-refractivity contribution in [2.75, 3.05) is 13.7 Å². The monoisotopic (exact) mass is 302 g/mol. The van der Waals surface area contributed by atoms with Crippen molar-refractivity contribution in [1.82, 2.24) is 0 Å². The van der Waals surface area contributed by atoms with Gasteiger partial charge in [0.15, 0.2) is 0 Å². The quantitative estimate of drug-likeness (QED) is 0.560. The standard InChI is InChI=1S/C13H18O6S/c1-10-3-5-11(6-4-10)20(16,17)19-9-12(15)13(18-2)7-8-14/h3-6,8,12-13,15H,7,9H2,1-2H3/t12-,13+/m1/s1. The maximum absolute atomic E-state index is 11.9. The lowest BCUT2D eigenvalue weighted by Gasteiger charge is -2.19. The number of aldehydes is 1. The van der Waals surface area contributed by atoms with Crippen molar-refractivity contribution in [3.63, 3.8) is 0 Å². The van der Waals surface area contributed by atoms with Gasteiger partial charge in [-0.3, -0.25) is 4.18 Å². The molecule has 0 heterocycles. The molecule has 0 saturated heterocycles. The molecular weight excluding hydrogens is 284 g/mol. The molecular formula is C13H18O6S. The molecule has 0 spiro atoms. The first-order valence-corrected chi connectivity index (χ1v) is 7.42. The number of ether oxygens (including phenoxy) is 1. The molecule has 0 unspecified atom stereocenters. The molecule has 2 atom stereocenters. The van der Waals surface area contributed by atoms with Crippen LogP contribution in [0.25, 0.3) is 0 Å². The van der Waals surface area contributed by atoms with Crippen molar-refractivity contribution >= 4 is 16.4 Å². The molecule has 0 fully saturated rings. The summed E-state index contributed by atoms with van der Waals surface area (Å²) in [5.41, 5.74) is 0.925. The van der Waals surface area contributed by atoms with Crippen LogP contribution in [0.3, 0.4) is 0 Å². The van der Waals surface area contributed by atoms with E-state index in [0.29, 0.717) is 6.29 Å². The molecule has 112 valence electrons. The van der Waals surface area contributed by atoms with Crippen molar-refractivity contribution in [2.24, 2.45) is 0 Å². The summed E-state index contributed by atoms with van der Waals surface area (Å²) in [6.07, 6.45) is -1.44. The fourth-order valence-electron chi connectivity index (χ4n) is 1.54. The highest BCUT2D eigenvalue weighted by molar-refractivity contribution is 7.86. The smallest absolute Gasteiger partial charge is 0.297 e. The molecule has 0 aliphatic heterocycles. The number of methoxy groups -OCH3 is 1. The predicted molar refractivity (Wildman–Crippen MR) is 71.8 cm³/mol. The van der Waals surface area contributed by atoms with E-state index in [4.69, 9.17) is 8.92 Å². The highest BCUT2D eigenvalue weighted by atomic mass is 32.2. The van der Waals surface area contributed by atoms with Crippen molar-refractivity contribution in [2.45, 2.75) is 30.4 Å². The van der Waals surface area contributed by atoms with Gasteiger partial charge in [-0.05, 0) is 19.1 Å². The number of aliphatic hydroxyl groups is 1. The minimum Gasteiger partial charge on any atom is -0.388 e. The third-order valence-electron chi connectivity index (χ3n) is 2.76. The lowest BCUT2D eigenvalue weighted by atomic mass is 10.1. The van der Waals surface area contributed by atoms with Gasteiger partial charge in [0.25, 0.3) is 10.1 Å². The van der Waals surface area contributed by atoms with Gasteiger partial charge >= 0.3 is 0 Å². The first-order valence-electron chi connectivity index (χ1n) is 6.01. The second-order valence-electron chi connectivity index (χ2n) is 4.30. The Hall–Kier alpha value is -1.28. The first kappa shape index (κ1) is 16.8. The van der Waals surface area contributed by atoms with E-state index in [1.165, 1.54) is 19.2 Å². The molecule has 1 aromatic carbocycles. The summed E-state index contributed by atoms with van der Waals surface area (Å²) >= 11 is 0. The van der Waals surface area contributed by atoms with Crippen molar-refractivity contribution in [1.29, 1.82) is 0 Å². The van der Waals surface area contributed by atoms with Gasteiger partial charge in [0.1, 0.15) is 12.4 Å². The van der Waals surface area contributed by atoms with Crippen LogP contribution in [-0.4, -0.2) is 45.7 Å². The Bertz CT molecular complexity index is 522. The van der Waals surface area contributed by atoms with E-state index in [9.17, 15) is 18.3 Å². The Morgan fingerprint density at radius 2 is 1.90 bits per heavy atom. The number of hydrogen-bond acceptors (Lipinski definition) is 6. The highest BCUT2D eigenvalue weighted by Crippen LogP contribution is 2.14. The summed E-state index contributed by atoms with van der Waals surface area (Å²) < 4.78 is 33.4. The van der Waals surface area contributed by atoms with Crippen LogP contribution in [0.1, 0.15) is 12.0 Å². The van der Waals surface area contributed by atoms with E-state index in [-0.39, 0.29) is 11.3 Å². The Labute approximate surface area is 118 Å². The van der Waals surface area contributed by atoms with Gasteiger partial charge in [-0.2, -0.15) is 8.42 Å². The zero-order valence-corrected chi connectivity index (χ0v) is 12.2. The molecule has 7 heteroatoms. The van der Waals surface area contributed by atoms with Crippen molar-refractivity contribution in [3.8, 4) is 0 Å². The molecule has 6 nitrogen and oxygen atoms in total. The van der Waals surface area contributed by atoms with Crippen LogP contribution in [0.2, 0.25) is 0 Å². The number of carbonyl (C=O) groups is 1. The summed E-state index contributed by atoms with van der Waals surface area (Å²) in [6, 6.07) is 6.15. The van der Waals surface area contributed by atoms with E-state index in [1.807, 2.05) is 6.92 Å². The van der Waals surface area contributed by atoms with Gasteiger partial charge in [0.05, 0.1) is 17.6 Å². The Balaban J connectivity index is 2.67. The van der Waals surface area contributed by atoms with Crippen LogP contribution in [0, 0.1) is 6.92 Å². The van der Waals surface area contributed by atoms with E-state index >= 15 is 0 Å².